The number of benzene rings is 1. The Kier molecular flexibility index (Phi) is 5.25. The van der Waals surface area contributed by atoms with Gasteiger partial charge in [-0.15, -0.1) is 6.42 Å². The van der Waals surface area contributed by atoms with Crippen LogP contribution in [-0.2, 0) is 0 Å². The van der Waals surface area contributed by atoms with Crippen LogP contribution in [-0.4, -0.2) is 0 Å². The molecule has 0 amide bonds. The maximum atomic E-state index is 5.60. The van der Waals surface area contributed by atoms with Crippen LogP contribution in [0.2, 0.25) is 0 Å². The van der Waals surface area contributed by atoms with Gasteiger partial charge in [-0.25, -0.2) is 0 Å². The normalized spacial score (nSPS) is 11.4. The molecule has 0 heterocycles. The summed E-state index contributed by atoms with van der Waals surface area (Å²) in [5, 5.41) is 0. The molecule has 1 heteroatoms. The van der Waals surface area contributed by atoms with Crippen molar-refractivity contribution in [2.24, 2.45) is 0 Å². The van der Waals surface area contributed by atoms with Crippen molar-refractivity contribution < 1.29 is 0 Å². The lowest BCUT2D eigenvalue weighted by Crippen LogP contribution is -1.96. The van der Waals surface area contributed by atoms with Gasteiger partial charge >= 0.3 is 0 Å². The van der Waals surface area contributed by atoms with Crippen molar-refractivity contribution in [1.82, 2.24) is 0 Å². The minimum Gasteiger partial charge on any atom is -0.119 e. The van der Waals surface area contributed by atoms with Crippen LogP contribution in [0.1, 0.15) is 31.7 Å². The first-order valence-electron chi connectivity index (χ1n) is 5.57. The molecule has 0 spiro atoms. The molecule has 0 fully saturated rings. The highest BCUT2D eigenvalue weighted by Gasteiger charge is 2.08. The Balaban J connectivity index is 2.80. The average Bonchev–Trinajstić information content (AvgIpc) is 2.26. The maximum absolute atomic E-state index is 5.60. The number of hydrogen-bond acceptors (Lipinski definition) is 0. The Bertz CT molecular complexity index is 453. The van der Waals surface area contributed by atoms with Crippen LogP contribution >= 0.6 is 15.9 Å². The summed E-state index contributed by atoms with van der Waals surface area (Å²) in [5.41, 5.74) is 3.50. The van der Waals surface area contributed by atoms with Gasteiger partial charge in [-0.3, -0.25) is 0 Å². The highest BCUT2D eigenvalue weighted by molar-refractivity contribution is 9.10. The van der Waals surface area contributed by atoms with Gasteiger partial charge in [0, 0.05) is 10.4 Å². The van der Waals surface area contributed by atoms with E-state index in [-0.39, 0.29) is 5.92 Å². The molecular weight excluding hydrogens is 272 g/mol. The molecule has 0 bridgehead atoms. The van der Waals surface area contributed by atoms with Crippen molar-refractivity contribution in [2.75, 3.05) is 0 Å². The van der Waals surface area contributed by atoms with Gasteiger partial charge in [-0.2, -0.15) is 0 Å². The van der Waals surface area contributed by atoms with E-state index in [4.69, 9.17) is 6.42 Å². The van der Waals surface area contributed by atoms with Crippen LogP contribution in [0, 0.1) is 12.3 Å². The summed E-state index contributed by atoms with van der Waals surface area (Å²) >= 11 is 3.42. The fourth-order valence-corrected chi connectivity index (χ4v) is 1.96. The Labute approximate surface area is 113 Å². The molecule has 0 aliphatic rings. The summed E-state index contributed by atoms with van der Waals surface area (Å²) in [4.78, 5) is 0. The smallest absolute Gasteiger partial charge is 0.0489 e. The largest absolute Gasteiger partial charge is 0.119 e. The zero-order chi connectivity index (χ0) is 12.8. The minimum absolute atomic E-state index is 0.103. The molecule has 1 aromatic carbocycles. The first kappa shape index (κ1) is 13.8. The van der Waals surface area contributed by atoms with Crippen LogP contribution in [0.3, 0.4) is 0 Å². The van der Waals surface area contributed by atoms with E-state index in [1.165, 1.54) is 11.1 Å². The van der Waals surface area contributed by atoms with E-state index in [1.54, 1.807) is 0 Å². The summed E-state index contributed by atoms with van der Waals surface area (Å²) < 4.78 is 1.07. The van der Waals surface area contributed by atoms with Crippen molar-refractivity contribution in [1.29, 1.82) is 0 Å². The number of rotatable bonds is 4. The highest BCUT2D eigenvalue weighted by Crippen LogP contribution is 2.24. The predicted molar refractivity (Wildman–Crippen MR) is 78.9 cm³/mol. The number of halogens is 1. The molecule has 0 radical (unpaired) electrons. The molecule has 1 atom stereocenters. The van der Waals surface area contributed by atoms with Gasteiger partial charge in [0.1, 0.15) is 0 Å². The van der Waals surface area contributed by atoms with E-state index in [0.29, 0.717) is 0 Å². The van der Waals surface area contributed by atoms with Gasteiger partial charge < -0.3 is 0 Å². The first-order chi connectivity index (χ1) is 8.02. The Morgan fingerprint density at radius 3 is 2.47 bits per heavy atom. The first-order valence-corrected chi connectivity index (χ1v) is 6.36. The predicted octanol–water partition coefficient (Wildman–Crippen LogP) is 5.08. The number of allylic oxidation sites excluding steroid dienone is 3. The van der Waals surface area contributed by atoms with E-state index in [9.17, 15) is 0 Å². The third-order valence-electron chi connectivity index (χ3n) is 2.43. The lowest BCUT2D eigenvalue weighted by molar-refractivity contribution is 0.868. The molecule has 1 unspecified atom stereocenters. The monoisotopic (exact) mass is 288 g/mol. The van der Waals surface area contributed by atoms with Crippen molar-refractivity contribution in [3.63, 3.8) is 0 Å². The van der Waals surface area contributed by atoms with Crippen LogP contribution in [0.25, 0.3) is 0 Å². The fourth-order valence-electron chi connectivity index (χ4n) is 1.70. The zero-order valence-electron chi connectivity index (χ0n) is 10.3. The Morgan fingerprint density at radius 2 is 2.00 bits per heavy atom. The number of terminal acetylenes is 1. The molecule has 0 N–H and O–H groups in total. The SMILES string of the molecule is C#CC(CC(=C)C=C(C)C)c1ccc(Br)cc1. The van der Waals surface area contributed by atoms with Gasteiger partial charge in [-0.05, 0) is 38.0 Å². The van der Waals surface area contributed by atoms with Crippen LogP contribution in [0.5, 0.6) is 0 Å². The summed E-state index contributed by atoms with van der Waals surface area (Å²) in [6.45, 7) is 8.17. The van der Waals surface area contributed by atoms with Gasteiger partial charge in [0.15, 0.2) is 0 Å². The molecule has 0 nitrogen and oxygen atoms in total. The van der Waals surface area contributed by atoms with E-state index >= 15 is 0 Å². The summed E-state index contributed by atoms with van der Waals surface area (Å²) in [7, 11) is 0. The third-order valence-corrected chi connectivity index (χ3v) is 2.96. The molecule has 17 heavy (non-hydrogen) atoms. The molecule has 0 aromatic heterocycles. The molecule has 88 valence electrons. The van der Waals surface area contributed by atoms with Gasteiger partial charge in [-0.1, -0.05) is 57.8 Å². The van der Waals surface area contributed by atoms with Gasteiger partial charge in [0.05, 0.1) is 0 Å². The van der Waals surface area contributed by atoms with Gasteiger partial charge in [0.2, 0.25) is 0 Å². The summed E-state index contributed by atoms with van der Waals surface area (Å²) in [6, 6.07) is 8.15. The molecule has 0 saturated heterocycles. The van der Waals surface area contributed by atoms with Crippen molar-refractivity contribution in [3.05, 3.63) is 58.1 Å². The molecule has 1 rings (SSSR count). The third kappa shape index (κ3) is 4.63. The van der Waals surface area contributed by atoms with E-state index in [1.807, 2.05) is 12.1 Å². The highest BCUT2D eigenvalue weighted by atomic mass is 79.9. The van der Waals surface area contributed by atoms with Crippen molar-refractivity contribution in [3.8, 4) is 12.3 Å². The minimum atomic E-state index is 0.103. The lowest BCUT2D eigenvalue weighted by atomic mass is 9.92. The standard InChI is InChI=1S/C16H17Br/c1-5-14(11-13(4)10-12(2)3)15-6-8-16(17)9-7-15/h1,6-10,14H,4,11H2,2-3H3. The summed E-state index contributed by atoms with van der Waals surface area (Å²) in [5.74, 6) is 2.94. The zero-order valence-corrected chi connectivity index (χ0v) is 11.9. The second-order valence-corrected chi connectivity index (χ2v) is 5.27. The molecule has 1 aromatic rings. The van der Waals surface area contributed by atoms with E-state index < -0.39 is 0 Å². The Hall–Kier alpha value is -1.26. The number of hydrogen-bond donors (Lipinski definition) is 0. The fraction of sp³-hybridized carbons (Fsp3) is 0.250. The maximum Gasteiger partial charge on any atom is 0.0489 e. The second-order valence-electron chi connectivity index (χ2n) is 4.35. The van der Waals surface area contributed by atoms with Crippen LogP contribution in [0.15, 0.2) is 52.5 Å². The van der Waals surface area contributed by atoms with E-state index in [0.717, 1.165) is 16.5 Å². The van der Waals surface area contributed by atoms with Crippen LogP contribution < -0.4 is 0 Å². The second kappa shape index (κ2) is 6.47. The average molecular weight is 289 g/mol. The molecule has 0 saturated carbocycles. The molecule has 0 aliphatic heterocycles. The van der Waals surface area contributed by atoms with Crippen molar-refractivity contribution >= 4 is 15.9 Å². The molecular formula is C16H17Br. The van der Waals surface area contributed by atoms with Crippen LogP contribution in [0.4, 0.5) is 0 Å². The van der Waals surface area contributed by atoms with Gasteiger partial charge in [0.25, 0.3) is 0 Å². The quantitative estimate of drug-likeness (QED) is 0.535. The molecule has 0 aliphatic carbocycles. The topological polar surface area (TPSA) is 0 Å². The van der Waals surface area contributed by atoms with Crippen molar-refractivity contribution in [2.45, 2.75) is 26.2 Å². The summed E-state index contributed by atoms with van der Waals surface area (Å²) in [6.07, 6.45) is 8.49. The lowest BCUT2D eigenvalue weighted by Gasteiger charge is -2.11. The Morgan fingerprint density at radius 1 is 1.41 bits per heavy atom. The van der Waals surface area contributed by atoms with E-state index in [2.05, 4.69) is 60.5 Å².